The van der Waals surface area contributed by atoms with E-state index in [-0.39, 0.29) is 5.56 Å². The molecule has 4 rings (SSSR count). The van der Waals surface area contributed by atoms with E-state index in [1.54, 1.807) is 6.07 Å². The number of aryl methyl sites for hydroxylation is 1. The molecule has 0 unspecified atom stereocenters. The van der Waals surface area contributed by atoms with Crippen LogP contribution in [0.5, 0.6) is 0 Å². The van der Waals surface area contributed by atoms with Crippen molar-refractivity contribution in [2.24, 2.45) is 0 Å². The zero-order valence-electron chi connectivity index (χ0n) is 15.7. The molecule has 2 heterocycles. The summed E-state index contributed by atoms with van der Waals surface area (Å²) < 4.78 is 1.86. The fraction of sp³-hybridized carbons (Fsp3) is 0.182. The normalized spacial score (nSPS) is 10.9. The molecule has 4 aromatic rings. The van der Waals surface area contributed by atoms with Crippen LogP contribution in [0, 0.1) is 0 Å². The standard InChI is InChI=1S/C22H21N5O/c1-2-8-17-10-7-14-21(28)27(17)15-16-9-3-4-11-18(16)19-12-5-6-13-20(19)22-23-25-26-24-22/h3-7,9-14H,2,8,15H2,1H3,(H,23,24,25,26). The fourth-order valence-electron chi connectivity index (χ4n) is 3.50. The molecule has 0 aliphatic carbocycles. The van der Waals surface area contributed by atoms with E-state index in [0.717, 1.165) is 40.8 Å². The zero-order chi connectivity index (χ0) is 19.3. The highest BCUT2D eigenvalue weighted by Gasteiger charge is 2.14. The molecule has 0 amide bonds. The van der Waals surface area contributed by atoms with Gasteiger partial charge in [-0.3, -0.25) is 4.79 Å². The molecule has 0 radical (unpaired) electrons. The number of benzene rings is 2. The number of nitrogens with zero attached hydrogens (tertiary/aromatic N) is 4. The third kappa shape index (κ3) is 3.49. The molecule has 2 aromatic carbocycles. The van der Waals surface area contributed by atoms with Crippen LogP contribution in [0.3, 0.4) is 0 Å². The fourth-order valence-corrected chi connectivity index (χ4v) is 3.50. The van der Waals surface area contributed by atoms with Crippen LogP contribution in [0.1, 0.15) is 24.6 Å². The highest BCUT2D eigenvalue weighted by molar-refractivity contribution is 5.82. The van der Waals surface area contributed by atoms with Crippen LogP contribution in [0.15, 0.2) is 71.5 Å². The van der Waals surface area contributed by atoms with Gasteiger partial charge in [0.25, 0.3) is 5.56 Å². The van der Waals surface area contributed by atoms with E-state index in [9.17, 15) is 4.79 Å². The molecule has 0 atom stereocenters. The number of H-pyrrole nitrogens is 1. The Morgan fingerprint density at radius 3 is 2.39 bits per heavy atom. The van der Waals surface area contributed by atoms with Crippen LogP contribution < -0.4 is 5.56 Å². The molecule has 0 saturated carbocycles. The van der Waals surface area contributed by atoms with Gasteiger partial charge in [0.2, 0.25) is 5.82 Å². The average Bonchev–Trinajstić information content (AvgIpc) is 3.26. The smallest absolute Gasteiger partial charge is 0.251 e. The molecule has 140 valence electrons. The van der Waals surface area contributed by atoms with Gasteiger partial charge in [0.1, 0.15) is 0 Å². The lowest BCUT2D eigenvalue weighted by Gasteiger charge is -2.16. The van der Waals surface area contributed by atoms with Crippen LogP contribution in [-0.4, -0.2) is 25.2 Å². The van der Waals surface area contributed by atoms with Gasteiger partial charge in [-0.1, -0.05) is 67.9 Å². The predicted octanol–water partition coefficient (Wildman–Crippen LogP) is 3.70. The van der Waals surface area contributed by atoms with Gasteiger partial charge in [-0.15, -0.1) is 10.2 Å². The van der Waals surface area contributed by atoms with E-state index in [2.05, 4.69) is 39.7 Å². The van der Waals surface area contributed by atoms with Gasteiger partial charge < -0.3 is 4.57 Å². The first-order valence-corrected chi connectivity index (χ1v) is 9.37. The minimum atomic E-state index is 0.0206. The summed E-state index contributed by atoms with van der Waals surface area (Å²) in [5.74, 6) is 0.550. The first-order valence-electron chi connectivity index (χ1n) is 9.37. The Hall–Kier alpha value is -3.54. The summed E-state index contributed by atoms with van der Waals surface area (Å²) in [7, 11) is 0. The number of hydrogen-bond donors (Lipinski definition) is 1. The number of aromatic amines is 1. The zero-order valence-corrected chi connectivity index (χ0v) is 15.7. The molecule has 0 bridgehead atoms. The van der Waals surface area contributed by atoms with E-state index in [1.807, 2.05) is 53.1 Å². The number of hydrogen-bond acceptors (Lipinski definition) is 4. The van der Waals surface area contributed by atoms with Gasteiger partial charge in [-0.05, 0) is 34.4 Å². The third-order valence-electron chi connectivity index (χ3n) is 4.80. The van der Waals surface area contributed by atoms with Crippen molar-refractivity contribution in [3.63, 3.8) is 0 Å². The van der Waals surface area contributed by atoms with Crippen LogP contribution in [0.4, 0.5) is 0 Å². The summed E-state index contributed by atoms with van der Waals surface area (Å²) in [5.41, 5.74) is 5.12. The molecular weight excluding hydrogens is 350 g/mol. The maximum Gasteiger partial charge on any atom is 0.251 e. The van der Waals surface area contributed by atoms with Crippen molar-refractivity contribution in [2.45, 2.75) is 26.3 Å². The summed E-state index contributed by atoms with van der Waals surface area (Å²) in [4.78, 5) is 12.6. The van der Waals surface area contributed by atoms with Gasteiger partial charge in [-0.2, -0.15) is 5.21 Å². The summed E-state index contributed by atoms with van der Waals surface area (Å²) >= 11 is 0. The Labute approximate surface area is 162 Å². The van der Waals surface area contributed by atoms with Gasteiger partial charge in [0, 0.05) is 17.3 Å². The van der Waals surface area contributed by atoms with Crippen LogP contribution in [-0.2, 0) is 13.0 Å². The van der Waals surface area contributed by atoms with E-state index in [4.69, 9.17) is 0 Å². The lowest BCUT2D eigenvalue weighted by molar-refractivity contribution is 0.688. The molecule has 0 fully saturated rings. The number of tetrazole rings is 1. The largest absolute Gasteiger partial charge is 0.308 e. The van der Waals surface area contributed by atoms with Crippen LogP contribution in [0.2, 0.25) is 0 Å². The average molecular weight is 371 g/mol. The van der Waals surface area contributed by atoms with E-state index < -0.39 is 0 Å². The predicted molar refractivity (Wildman–Crippen MR) is 109 cm³/mol. The van der Waals surface area contributed by atoms with Crippen molar-refractivity contribution in [2.75, 3.05) is 0 Å². The molecule has 0 spiro atoms. The molecule has 0 aliphatic rings. The maximum absolute atomic E-state index is 12.6. The van der Waals surface area contributed by atoms with Gasteiger partial charge in [0.05, 0.1) is 6.54 Å². The molecular formula is C22H21N5O. The van der Waals surface area contributed by atoms with E-state index in [0.29, 0.717) is 12.4 Å². The van der Waals surface area contributed by atoms with Gasteiger partial charge in [-0.25, -0.2) is 0 Å². The highest BCUT2D eigenvalue weighted by atomic mass is 16.1. The van der Waals surface area contributed by atoms with Crippen molar-refractivity contribution in [3.05, 3.63) is 88.3 Å². The summed E-state index contributed by atoms with van der Waals surface area (Å²) in [5, 5.41) is 14.5. The minimum absolute atomic E-state index is 0.0206. The van der Waals surface area contributed by atoms with Gasteiger partial charge in [0.15, 0.2) is 0 Å². The van der Waals surface area contributed by atoms with Crippen molar-refractivity contribution >= 4 is 0 Å². The van der Waals surface area contributed by atoms with Crippen LogP contribution in [0.25, 0.3) is 22.5 Å². The first-order chi connectivity index (χ1) is 13.8. The monoisotopic (exact) mass is 371 g/mol. The summed E-state index contributed by atoms with van der Waals surface area (Å²) in [6, 6.07) is 21.6. The third-order valence-corrected chi connectivity index (χ3v) is 4.80. The Morgan fingerprint density at radius 1 is 0.893 bits per heavy atom. The van der Waals surface area contributed by atoms with E-state index >= 15 is 0 Å². The molecule has 28 heavy (non-hydrogen) atoms. The topological polar surface area (TPSA) is 76.5 Å². The second-order valence-electron chi connectivity index (χ2n) is 6.63. The van der Waals surface area contributed by atoms with Crippen molar-refractivity contribution in [1.82, 2.24) is 25.2 Å². The Morgan fingerprint density at radius 2 is 1.64 bits per heavy atom. The molecule has 2 aromatic heterocycles. The van der Waals surface area contributed by atoms with Gasteiger partial charge >= 0.3 is 0 Å². The minimum Gasteiger partial charge on any atom is -0.308 e. The van der Waals surface area contributed by atoms with Crippen molar-refractivity contribution in [1.29, 1.82) is 0 Å². The highest BCUT2D eigenvalue weighted by Crippen LogP contribution is 2.32. The summed E-state index contributed by atoms with van der Waals surface area (Å²) in [6.45, 7) is 2.64. The quantitative estimate of drug-likeness (QED) is 0.561. The number of nitrogens with one attached hydrogen (secondary N) is 1. The van der Waals surface area contributed by atoms with Crippen LogP contribution >= 0.6 is 0 Å². The second-order valence-corrected chi connectivity index (χ2v) is 6.63. The number of rotatable bonds is 6. The second kappa shape index (κ2) is 8.00. The first kappa shape index (κ1) is 17.9. The number of pyridine rings is 1. The molecule has 1 N–H and O–H groups in total. The lowest BCUT2D eigenvalue weighted by Crippen LogP contribution is -2.23. The molecule has 6 nitrogen and oxygen atoms in total. The Balaban J connectivity index is 1.82. The molecule has 0 aliphatic heterocycles. The SMILES string of the molecule is CCCc1cccc(=O)n1Cc1ccccc1-c1ccccc1-c1nn[nH]n1. The van der Waals surface area contributed by atoms with E-state index in [1.165, 1.54) is 0 Å². The number of aromatic nitrogens is 5. The maximum atomic E-state index is 12.6. The Bertz CT molecular complexity index is 1130. The summed E-state index contributed by atoms with van der Waals surface area (Å²) in [6.07, 6.45) is 1.86. The molecule has 0 saturated heterocycles. The van der Waals surface area contributed by atoms with Crippen molar-refractivity contribution < 1.29 is 0 Å². The molecule has 6 heteroatoms. The lowest BCUT2D eigenvalue weighted by atomic mass is 9.95. The Kier molecular flexibility index (Phi) is 5.10. The van der Waals surface area contributed by atoms with Crippen molar-refractivity contribution in [3.8, 4) is 22.5 Å².